The Hall–Kier alpha value is -1.86. The number of benzene rings is 1. The Kier molecular flexibility index (Phi) is 4.40. The second-order valence-electron chi connectivity index (χ2n) is 6.04. The Morgan fingerprint density at radius 1 is 1.38 bits per heavy atom. The summed E-state index contributed by atoms with van der Waals surface area (Å²) in [7, 11) is -1.44. The molecule has 1 aromatic heterocycles. The van der Waals surface area contributed by atoms with Crippen molar-refractivity contribution in [3.05, 3.63) is 52.3 Å². The summed E-state index contributed by atoms with van der Waals surface area (Å²) in [4.78, 5) is 14.6. The molecule has 1 aromatic carbocycles. The molecule has 1 saturated heterocycles. The molecule has 2 aromatic rings. The van der Waals surface area contributed by atoms with Crippen LogP contribution in [0.2, 0.25) is 5.02 Å². The van der Waals surface area contributed by atoms with Gasteiger partial charge >= 0.3 is 0 Å². The number of hydrogen-bond acceptors (Lipinski definition) is 4. The lowest BCUT2D eigenvalue weighted by atomic mass is 10.0. The second kappa shape index (κ2) is 6.22. The number of aromatic nitrogens is 2. The van der Waals surface area contributed by atoms with E-state index in [1.807, 2.05) is 6.92 Å². The number of amides is 1. The van der Waals surface area contributed by atoms with Gasteiger partial charge in [0.2, 0.25) is 0 Å². The zero-order valence-corrected chi connectivity index (χ0v) is 15.0. The van der Waals surface area contributed by atoms with Crippen LogP contribution in [-0.4, -0.2) is 47.1 Å². The van der Waals surface area contributed by atoms with Crippen molar-refractivity contribution in [3.8, 4) is 0 Å². The smallest absolute Gasteiger partial charge is 0.254 e. The maximum absolute atomic E-state index is 13.0. The monoisotopic (exact) mass is 367 g/mol. The van der Waals surface area contributed by atoms with Gasteiger partial charge in [-0.15, -0.1) is 0 Å². The third-order valence-corrected chi connectivity index (χ3v) is 6.10. The van der Waals surface area contributed by atoms with E-state index in [1.165, 1.54) is 0 Å². The number of rotatable bonds is 2. The molecule has 1 aliphatic rings. The summed E-state index contributed by atoms with van der Waals surface area (Å²) in [6.07, 6.45) is 3.35. The van der Waals surface area contributed by atoms with Gasteiger partial charge in [-0.2, -0.15) is 5.10 Å². The van der Waals surface area contributed by atoms with Gasteiger partial charge in [-0.25, -0.2) is 8.42 Å². The minimum atomic E-state index is -3.19. The van der Waals surface area contributed by atoms with Crippen LogP contribution in [0.4, 0.5) is 0 Å². The van der Waals surface area contributed by atoms with E-state index in [4.69, 9.17) is 11.6 Å². The van der Waals surface area contributed by atoms with Crippen molar-refractivity contribution in [1.82, 2.24) is 14.7 Å². The molecule has 0 bridgehead atoms. The van der Waals surface area contributed by atoms with Gasteiger partial charge in [-0.3, -0.25) is 9.48 Å². The van der Waals surface area contributed by atoms with E-state index in [0.717, 1.165) is 5.56 Å². The normalized spacial score (nSPS) is 20.1. The Morgan fingerprint density at radius 3 is 2.79 bits per heavy atom. The molecular formula is C16H18ClN3O3S. The lowest BCUT2D eigenvalue weighted by molar-refractivity contribution is 0.0697. The fourth-order valence-corrected chi connectivity index (χ4v) is 4.59. The SMILES string of the molecule is Cc1ccc(Cl)cc1C(=O)N1CCS(=O)(=O)C[C@H]1c1cnn(C)c1. The highest BCUT2D eigenvalue weighted by atomic mass is 35.5. The number of carbonyl (C=O) groups is 1. The topological polar surface area (TPSA) is 72.3 Å². The van der Waals surface area contributed by atoms with Crippen molar-refractivity contribution in [2.45, 2.75) is 13.0 Å². The summed E-state index contributed by atoms with van der Waals surface area (Å²) in [5, 5.41) is 4.58. The fourth-order valence-electron chi connectivity index (χ4n) is 2.92. The lowest BCUT2D eigenvalue weighted by Gasteiger charge is -2.35. The van der Waals surface area contributed by atoms with Crippen molar-refractivity contribution < 1.29 is 13.2 Å². The van der Waals surface area contributed by atoms with Crippen LogP contribution in [0.25, 0.3) is 0 Å². The number of halogens is 1. The molecular weight excluding hydrogens is 350 g/mol. The molecule has 0 saturated carbocycles. The van der Waals surface area contributed by atoms with Gasteiger partial charge in [-0.1, -0.05) is 17.7 Å². The molecule has 1 amide bonds. The Morgan fingerprint density at radius 2 is 2.12 bits per heavy atom. The molecule has 0 N–H and O–H groups in total. The molecule has 24 heavy (non-hydrogen) atoms. The maximum atomic E-state index is 13.0. The average Bonchev–Trinajstić information content (AvgIpc) is 2.95. The first-order valence-electron chi connectivity index (χ1n) is 7.53. The predicted molar refractivity (Wildman–Crippen MR) is 91.8 cm³/mol. The number of carbonyl (C=O) groups excluding carboxylic acids is 1. The quantitative estimate of drug-likeness (QED) is 0.813. The van der Waals surface area contributed by atoms with Gasteiger partial charge < -0.3 is 4.90 Å². The molecule has 0 aliphatic carbocycles. The Balaban J connectivity index is 2.00. The second-order valence-corrected chi connectivity index (χ2v) is 8.70. The zero-order valence-electron chi connectivity index (χ0n) is 13.4. The van der Waals surface area contributed by atoms with Gasteiger partial charge in [0.25, 0.3) is 5.91 Å². The minimum Gasteiger partial charge on any atom is -0.329 e. The van der Waals surface area contributed by atoms with Crippen molar-refractivity contribution >= 4 is 27.3 Å². The third kappa shape index (κ3) is 3.32. The van der Waals surface area contributed by atoms with Crippen LogP contribution in [0.3, 0.4) is 0 Å². The van der Waals surface area contributed by atoms with Crippen molar-refractivity contribution in [2.24, 2.45) is 7.05 Å². The van der Waals surface area contributed by atoms with E-state index >= 15 is 0 Å². The average molecular weight is 368 g/mol. The summed E-state index contributed by atoms with van der Waals surface area (Å²) >= 11 is 6.02. The predicted octanol–water partition coefficient (Wildman–Crippen LogP) is 1.99. The summed E-state index contributed by atoms with van der Waals surface area (Å²) in [5.41, 5.74) is 2.02. The minimum absolute atomic E-state index is 0.0326. The van der Waals surface area contributed by atoms with E-state index in [-0.39, 0.29) is 24.0 Å². The number of aryl methyl sites for hydroxylation is 2. The molecule has 1 aliphatic heterocycles. The van der Waals surface area contributed by atoms with Crippen LogP contribution in [-0.2, 0) is 16.9 Å². The van der Waals surface area contributed by atoms with Crippen LogP contribution in [0.15, 0.2) is 30.6 Å². The molecule has 1 fully saturated rings. The summed E-state index contributed by atoms with van der Waals surface area (Å²) in [6, 6.07) is 4.61. The zero-order chi connectivity index (χ0) is 17.5. The lowest BCUT2D eigenvalue weighted by Crippen LogP contribution is -2.46. The van der Waals surface area contributed by atoms with Crippen LogP contribution in [0, 0.1) is 6.92 Å². The van der Waals surface area contributed by atoms with Crippen molar-refractivity contribution in [2.75, 3.05) is 18.1 Å². The standard InChI is InChI=1S/C16H18ClN3O3S/c1-11-3-4-13(17)7-14(11)16(21)20-5-6-24(22,23)10-15(20)12-8-18-19(2)9-12/h3-4,7-9,15H,5-6,10H2,1-2H3/t15-/m0/s1. The molecule has 128 valence electrons. The summed E-state index contributed by atoms with van der Waals surface area (Å²) in [5.74, 6) is -0.335. The fraction of sp³-hybridized carbons (Fsp3) is 0.375. The molecule has 1 atom stereocenters. The van der Waals surface area contributed by atoms with Crippen molar-refractivity contribution in [1.29, 1.82) is 0 Å². The largest absolute Gasteiger partial charge is 0.329 e. The van der Waals surface area contributed by atoms with E-state index in [1.54, 1.807) is 47.2 Å². The molecule has 3 rings (SSSR count). The molecule has 0 radical (unpaired) electrons. The number of sulfone groups is 1. The van der Waals surface area contributed by atoms with E-state index in [9.17, 15) is 13.2 Å². The van der Waals surface area contributed by atoms with Gasteiger partial charge in [0.1, 0.15) is 0 Å². The summed E-state index contributed by atoms with van der Waals surface area (Å²) in [6.45, 7) is 2.00. The third-order valence-electron chi connectivity index (χ3n) is 4.23. The molecule has 8 heteroatoms. The van der Waals surface area contributed by atoms with E-state index in [0.29, 0.717) is 16.1 Å². The van der Waals surface area contributed by atoms with E-state index in [2.05, 4.69) is 5.10 Å². The van der Waals surface area contributed by atoms with Gasteiger partial charge in [0.05, 0.1) is 23.7 Å². The molecule has 0 unspecified atom stereocenters. The maximum Gasteiger partial charge on any atom is 0.254 e. The van der Waals surface area contributed by atoms with Gasteiger partial charge in [0.15, 0.2) is 9.84 Å². The van der Waals surface area contributed by atoms with Crippen LogP contribution in [0.5, 0.6) is 0 Å². The van der Waals surface area contributed by atoms with Crippen LogP contribution < -0.4 is 0 Å². The molecule has 6 nitrogen and oxygen atoms in total. The van der Waals surface area contributed by atoms with Crippen molar-refractivity contribution in [3.63, 3.8) is 0 Å². The first-order valence-corrected chi connectivity index (χ1v) is 9.73. The Labute approximate surface area is 145 Å². The first kappa shape index (κ1) is 17.0. The highest BCUT2D eigenvalue weighted by molar-refractivity contribution is 7.91. The van der Waals surface area contributed by atoms with Gasteiger partial charge in [0, 0.05) is 35.9 Å². The number of nitrogens with zero attached hydrogens (tertiary/aromatic N) is 3. The highest BCUT2D eigenvalue weighted by Crippen LogP contribution is 2.29. The first-order chi connectivity index (χ1) is 11.3. The van der Waals surface area contributed by atoms with Crippen LogP contribution in [0.1, 0.15) is 27.5 Å². The van der Waals surface area contributed by atoms with E-state index < -0.39 is 15.9 Å². The highest BCUT2D eigenvalue weighted by Gasteiger charge is 2.36. The number of hydrogen-bond donors (Lipinski definition) is 0. The van der Waals surface area contributed by atoms with Crippen LogP contribution >= 0.6 is 11.6 Å². The summed E-state index contributed by atoms with van der Waals surface area (Å²) < 4.78 is 25.8. The molecule has 0 spiro atoms. The Bertz CT molecular complexity index is 892. The van der Waals surface area contributed by atoms with Gasteiger partial charge in [-0.05, 0) is 24.6 Å². The molecule has 2 heterocycles.